The van der Waals surface area contributed by atoms with Gasteiger partial charge in [-0.05, 0) is 35.6 Å². The summed E-state index contributed by atoms with van der Waals surface area (Å²) in [7, 11) is 0. The number of aliphatic imine (C=N–C) groups is 1. The number of halogens is 3. The number of nitrogens with zero attached hydrogens (tertiary/aromatic N) is 1. The van der Waals surface area contributed by atoms with E-state index in [4.69, 9.17) is 11.6 Å². The van der Waals surface area contributed by atoms with E-state index >= 15 is 0 Å². The second-order valence-corrected chi connectivity index (χ2v) is 6.01. The van der Waals surface area contributed by atoms with Gasteiger partial charge in [0.2, 0.25) is 0 Å². The molecule has 0 spiro atoms. The molecule has 1 atom stereocenters. The van der Waals surface area contributed by atoms with E-state index in [9.17, 15) is 0 Å². The average Bonchev–Trinajstić information content (AvgIpc) is 2.90. The summed E-state index contributed by atoms with van der Waals surface area (Å²) in [6, 6.07) is 4.19. The van der Waals surface area contributed by atoms with Crippen molar-refractivity contribution in [2.75, 3.05) is 25.0 Å². The van der Waals surface area contributed by atoms with Crippen molar-refractivity contribution in [3.05, 3.63) is 28.3 Å². The summed E-state index contributed by atoms with van der Waals surface area (Å²) < 4.78 is 0. The molecule has 0 saturated heterocycles. The van der Waals surface area contributed by atoms with Gasteiger partial charge in [0.15, 0.2) is 0 Å². The topological polar surface area (TPSA) is 36.4 Å². The molecule has 2 aliphatic heterocycles. The first-order chi connectivity index (χ1) is 9.16. The number of hydrogen-bond donors (Lipinski definition) is 2. The summed E-state index contributed by atoms with van der Waals surface area (Å²) in [6.45, 7) is 7.28. The highest BCUT2D eigenvalue weighted by atomic mass is 35.5. The summed E-state index contributed by atoms with van der Waals surface area (Å²) in [6.07, 6.45) is 1.08. The minimum absolute atomic E-state index is 0. The normalized spacial score (nSPS) is 19.6. The van der Waals surface area contributed by atoms with E-state index in [-0.39, 0.29) is 24.8 Å². The maximum atomic E-state index is 6.31. The van der Waals surface area contributed by atoms with E-state index in [0.717, 1.165) is 36.9 Å². The monoisotopic (exact) mass is 349 g/mol. The van der Waals surface area contributed by atoms with Crippen LogP contribution in [-0.2, 0) is 0 Å². The van der Waals surface area contributed by atoms with Crippen molar-refractivity contribution in [1.82, 2.24) is 5.32 Å². The molecule has 6 heteroatoms. The summed E-state index contributed by atoms with van der Waals surface area (Å²) in [5, 5.41) is 7.79. The highest BCUT2D eigenvalue weighted by molar-refractivity contribution is 6.31. The van der Waals surface area contributed by atoms with Crippen molar-refractivity contribution < 1.29 is 0 Å². The SMILES string of the molecule is CC(C)c1cc(Cl)cc2c1NCCC2C1=NCCN1.Cl.Cl. The summed E-state index contributed by atoms with van der Waals surface area (Å²) in [4.78, 5) is 4.60. The predicted molar refractivity (Wildman–Crippen MR) is 96.2 cm³/mol. The third-order valence-corrected chi connectivity index (χ3v) is 4.14. The van der Waals surface area contributed by atoms with Crippen molar-refractivity contribution in [3.8, 4) is 0 Å². The Morgan fingerprint density at radius 3 is 2.57 bits per heavy atom. The molecule has 118 valence electrons. The van der Waals surface area contributed by atoms with Crippen molar-refractivity contribution in [1.29, 1.82) is 0 Å². The number of anilines is 1. The van der Waals surface area contributed by atoms with Crippen LogP contribution in [0.15, 0.2) is 17.1 Å². The van der Waals surface area contributed by atoms with Crippen LogP contribution >= 0.6 is 36.4 Å². The number of hydrogen-bond acceptors (Lipinski definition) is 3. The quantitative estimate of drug-likeness (QED) is 0.838. The zero-order valence-electron chi connectivity index (χ0n) is 12.3. The highest BCUT2D eigenvalue weighted by Crippen LogP contribution is 2.39. The molecule has 0 saturated carbocycles. The lowest BCUT2D eigenvalue weighted by Gasteiger charge is -2.30. The van der Waals surface area contributed by atoms with Crippen molar-refractivity contribution in [2.24, 2.45) is 4.99 Å². The molecule has 21 heavy (non-hydrogen) atoms. The van der Waals surface area contributed by atoms with Crippen LogP contribution in [0, 0.1) is 0 Å². The Labute approximate surface area is 143 Å². The first-order valence-corrected chi connectivity index (χ1v) is 7.40. The third kappa shape index (κ3) is 3.58. The number of fused-ring (bicyclic) bond motifs is 1. The van der Waals surface area contributed by atoms with E-state index < -0.39 is 0 Å². The fraction of sp³-hybridized carbons (Fsp3) is 0.533. The Hall–Kier alpha value is -0.640. The smallest absolute Gasteiger partial charge is 0.104 e. The Bertz CT molecular complexity index is 529. The molecule has 2 N–H and O–H groups in total. The Kier molecular flexibility index (Phi) is 6.64. The van der Waals surface area contributed by atoms with Gasteiger partial charge >= 0.3 is 0 Å². The molecule has 2 heterocycles. The first-order valence-electron chi connectivity index (χ1n) is 7.02. The molecular weight excluding hydrogens is 329 g/mol. The van der Waals surface area contributed by atoms with Crippen LogP contribution < -0.4 is 10.6 Å². The summed E-state index contributed by atoms with van der Waals surface area (Å²) in [5.74, 6) is 1.98. The van der Waals surface area contributed by atoms with Crippen LogP contribution in [0.5, 0.6) is 0 Å². The van der Waals surface area contributed by atoms with E-state index in [1.54, 1.807) is 0 Å². The van der Waals surface area contributed by atoms with E-state index in [0.29, 0.717) is 11.8 Å². The molecule has 0 aliphatic carbocycles. The van der Waals surface area contributed by atoms with Crippen molar-refractivity contribution in [3.63, 3.8) is 0 Å². The fourth-order valence-corrected chi connectivity index (χ4v) is 3.25. The molecule has 1 unspecified atom stereocenters. The number of nitrogens with one attached hydrogen (secondary N) is 2. The molecular formula is C15H22Cl3N3. The van der Waals surface area contributed by atoms with Crippen molar-refractivity contribution in [2.45, 2.75) is 32.1 Å². The Morgan fingerprint density at radius 2 is 1.95 bits per heavy atom. The molecule has 0 bridgehead atoms. The molecule has 0 amide bonds. The van der Waals surface area contributed by atoms with Gasteiger partial charge in [-0.15, -0.1) is 24.8 Å². The van der Waals surface area contributed by atoms with Gasteiger partial charge in [0.1, 0.15) is 5.84 Å². The zero-order valence-corrected chi connectivity index (χ0v) is 14.7. The van der Waals surface area contributed by atoms with Gasteiger partial charge < -0.3 is 10.6 Å². The lowest BCUT2D eigenvalue weighted by Crippen LogP contribution is -2.30. The van der Waals surface area contributed by atoms with Crippen LogP contribution in [-0.4, -0.2) is 25.5 Å². The molecule has 3 rings (SSSR count). The largest absolute Gasteiger partial charge is 0.385 e. The van der Waals surface area contributed by atoms with Gasteiger partial charge in [0.25, 0.3) is 0 Å². The standard InChI is InChI=1S/C15H20ClN3.2ClH/c1-9(2)12-7-10(16)8-13-11(3-4-17-14(12)13)15-18-5-6-19-15;;/h7-9,11,17H,3-6H2,1-2H3,(H,18,19);2*1H. The zero-order chi connectivity index (χ0) is 13.4. The molecule has 0 radical (unpaired) electrons. The minimum Gasteiger partial charge on any atom is -0.385 e. The van der Waals surface area contributed by atoms with E-state index in [2.05, 4.69) is 41.6 Å². The van der Waals surface area contributed by atoms with Gasteiger partial charge in [-0.25, -0.2) is 0 Å². The highest BCUT2D eigenvalue weighted by Gasteiger charge is 2.28. The summed E-state index contributed by atoms with van der Waals surface area (Å²) in [5.41, 5.74) is 3.88. The lowest BCUT2D eigenvalue weighted by molar-refractivity contribution is 0.744. The Balaban J connectivity index is 0.00000110. The molecule has 3 nitrogen and oxygen atoms in total. The maximum absolute atomic E-state index is 6.31. The van der Waals surface area contributed by atoms with Crippen molar-refractivity contribution >= 4 is 47.9 Å². The van der Waals surface area contributed by atoms with Gasteiger partial charge in [-0.1, -0.05) is 25.4 Å². The second-order valence-electron chi connectivity index (χ2n) is 5.58. The molecule has 1 aromatic carbocycles. The van der Waals surface area contributed by atoms with Gasteiger partial charge in [0.05, 0.1) is 6.54 Å². The molecule has 0 aromatic heterocycles. The first kappa shape index (κ1) is 18.4. The molecule has 2 aliphatic rings. The number of rotatable bonds is 2. The van der Waals surface area contributed by atoms with Crippen LogP contribution in [0.2, 0.25) is 5.02 Å². The fourth-order valence-electron chi connectivity index (χ4n) is 3.01. The van der Waals surface area contributed by atoms with Gasteiger partial charge in [-0.2, -0.15) is 0 Å². The minimum atomic E-state index is 0. The predicted octanol–water partition coefficient (Wildman–Crippen LogP) is 4.21. The number of amidine groups is 1. The van der Waals surface area contributed by atoms with Gasteiger partial charge in [0, 0.05) is 29.7 Å². The van der Waals surface area contributed by atoms with Crippen LogP contribution in [0.3, 0.4) is 0 Å². The Morgan fingerprint density at radius 1 is 1.19 bits per heavy atom. The second kappa shape index (κ2) is 7.57. The third-order valence-electron chi connectivity index (χ3n) is 3.93. The van der Waals surface area contributed by atoms with Crippen LogP contribution in [0.25, 0.3) is 0 Å². The van der Waals surface area contributed by atoms with Crippen LogP contribution in [0.4, 0.5) is 5.69 Å². The summed E-state index contributed by atoms with van der Waals surface area (Å²) >= 11 is 6.31. The number of benzene rings is 1. The van der Waals surface area contributed by atoms with E-state index in [1.807, 2.05) is 0 Å². The van der Waals surface area contributed by atoms with E-state index in [1.165, 1.54) is 16.8 Å². The van der Waals surface area contributed by atoms with Crippen LogP contribution in [0.1, 0.15) is 43.2 Å². The molecule has 0 fully saturated rings. The van der Waals surface area contributed by atoms with Gasteiger partial charge in [-0.3, -0.25) is 4.99 Å². The lowest BCUT2D eigenvalue weighted by atomic mass is 9.86. The average molecular weight is 351 g/mol. The molecule has 1 aromatic rings. The maximum Gasteiger partial charge on any atom is 0.104 e.